The highest BCUT2D eigenvalue weighted by molar-refractivity contribution is 8.07. The number of aliphatic carboxylic acids is 1. The number of carboxylic acids is 1. The number of halogens is 1. The van der Waals surface area contributed by atoms with Gasteiger partial charge < -0.3 is 35.1 Å². The Bertz CT molecular complexity index is 3680. The van der Waals surface area contributed by atoms with Gasteiger partial charge in [-0.25, -0.2) is 19.9 Å². The van der Waals surface area contributed by atoms with Crippen LogP contribution in [0.15, 0.2) is 85.2 Å². The summed E-state index contributed by atoms with van der Waals surface area (Å²) in [5, 5.41) is 28.0. The van der Waals surface area contributed by atoms with Crippen molar-refractivity contribution >= 4 is 117 Å². The molecule has 0 unspecified atom stereocenters. The van der Waals surface area contributed by atoms with Gasteiger partial charge in [-0.1, -0.05) is 31.7 Å². The number of aromatic nitrogens is 10. The molecule has 444 valence electrons. The number of anilines is 2. The van der Waals surface area contributed by atoms with Crippen molar-refractivity contribution in [2.24, 2.45) is 0 Å². The number of imidazole rings is 2. The van der Waals surface area contributed by atoms with Crippen molar-refractivity contribution in [3.8, 4) is 22.5 Å². The van der Waals surface area contributed by atoms with E-state index in [4.69, 9.17) is 5.11 Å². The van der Waals surface area contributed by atoms with Gasteiger partial charge in [0.1, 0.15) is 53.8 Å². The van der Waals surface area contributed by atoms with Crippen LogP contribution >= 0.6 is 25.9 Å². The number of Topliss-reactive ketones (excluding diaryl/α,β-unsaturated/α-hetero) is 2. The molecule has 21 nitrogen and oxygen atoms in total. The number of ketones is 2. The molecule has 0 saturated carbocycles. The van der Waals surface area contributed by atoms with Gasteiger partial charge in [0.05, 0.1) is 40.9 Å². The van der Waals surface area contributed by atoms with Gasteiger partial charge in [0.15, 0.2) is 11.6 Å². The normalized spacial score (nSPS) is 15.6. The predicted octanol–water partition coefficient (Wildman–Crippen LogP) is 8.54. The number of amides is 3. The maximum absolute atomic E-state index is 13.4. The van der Waals surface area contributed by atoms with Crippen LogP contribution in [0.2, 0.25) is 0 Å². The molecule has 84 heavy (non-hydrogen) atoms. The zero-order valence-corrected chi connectivity index (χ0v) is 50.0. The number of carbonyl (C=O) groups is 6. The maximum Gasteiger partial charge on any atom is 0.325 e. The number of aryl methyl sites for hydroxylation is 4. The zero-order chi connectivity index (χ0) is 57.3. The molecule has 12 rings (SSSR count). The highest BCUT2D eigenvalue weighted by Gasteiger charge is 2.35. The third-order valence-corrected chi connectivity index (χ3v) is 14.8. The summed E-state index contributed by atoms with van der Waals surface area (Å²) in [6.45, 7) is 9.67. The van der Waals surface area contributed by atoms with E-state index in [2.05, 4.69) is 77.6 Å². The topological polar surface area (TPSA) is 259 Å². The van der Waals surface area contributed by atoms with E-state index in [1.807, 2.05) is 86.9 Å². The van der Waals surface area contributed by atoms with Gasteiger partial charge in [0.2, 0.25) is 17.7 Å². The van der Waals surface area contributed by atoms with Gasteiger partial charge >= 0.3 is 5.97 Å². The molecule has 2 aromatic carbocycles. The predicted molar refractivity (Wildman–Crippen MR) is 335 cm³/mol. The summed E-state index contributed by atoms with van der Waals surface area (Å²) in [6.07, 6.45) is 13.6. The molecule has 25 heteroatoms. The average Bonchev–Trinajstić information content (AvgIpc) is 2.53. The van der Waals surface area contributed by atoms with Crippen molar-refractivity contribution in [1.82, 2.24) is 58.8 Å². The number of fused-ring (bicyclic) bond motifs is 4. The summed E-state index contributed by atoms with van der Waals surface area (Å²) in [6, 6.07) is 22.0. The second-order valence-electron chi connectivity index (χ2n) is 20.5. The minimum Gasteiger partial charge on any atom is -0.480 e. The summed E-state index contributed by atoms with van der Waals surface area (Å²) in [5.41, 5.74) is 7.69. The van der Waals surface area contributed by atoms with E-state index in [0.29, 0.717) is 57.8 Å². The number of pyridine rings is 2. The van der Waals surface area contributed by atoms with E-state index in [1.165, 1.54) is 18.5 Å². The third-order valence-electron chi connectivity index (χ3n) is 14.8. The Hall–Kier alpha value is -7.64. The van der Waals surface area contributed by atoms with E-state index in [0.717, 1.165) is 123 Å². The fraction of sp³-hybridized carbons (Fsp3) is 0.390. The quantitative estimate of drug-likeness (QED) is 0.0835. The highest BCUT2D eigenvalue weighted by atomic mass is 35.5. The van der Waals surface area contributed by atoms with Gasteiger partial charge in [-0.3, -0.25) is 38.1 Å². The Balaban J connectivity index is 0.000000216. The van der Waals surface area contributed by atoms with Gasteiger partial charge in [-0.15, -0.1) is 12.4 Å². The molecule has 2 saturated heterocycles. The summed E-state index contributed by atoms with van der Waals surface area (Å²) in [4.78, 5) is 93.0. The van der Waals surface area contributed by atoms with E-state index in [9.17, 15) is 28.8 Å². The first-order valence-corrected chi connectivity index (χ1v) is 28.5. The van der Waals surface area contributed by atoms with Crippen LogP contribution in [-0.4, -0.2) is 119 Å². The SMILES string of the molecule is C.CC(=O)c1nn(CC(=O)N2CCC[C@H]2C(=O)Nc2cccc(C)n2)c2ccc(-c3cnc4n3CCCC4)cc12.CC(=O)c1nn(CC(=O)O)c2ccc(-c3cnc4n3CCCC4)cc12.Cc1cccc(NC(=O)[C@@H]2CCCN2)n1.Cl.S.S=S. The molecule has 2 atom stereocenters. The number of hydrogen-bond donors (Lipinski definition) is 4. The average molecular weight is 1220 g/mol. The molecule has 4 aliphatic rings. The lowest BCUT2D eigenvalue weighted by atomic mass is 10.1. The standard InChI is InChI=1S/C29H31N7O3.C18H18N4O3.C11H15N3O.CH4.ClH.S2.H2S/c1-18-7-5-9-25(31-18)32-29(39)23-8-6-14-35(23)27(38)17-36-22-12-11-20(15-21(22)28(33-36)19(2)37)24-16-30-26-10-3-4-13-34(24)26;1-11(23)18-13-8-12(5-6-14(13)22(20-18)10-17(24)25)15-9-19-16-4-2-3-7-21(15)16;1-8-4-2-6-10(13-8)14-11(15)9-5-3-7-12-9;;;1-2;/h5,7,9,11-12,15-16,23H,3-4,6,8,10,13-14,17H2,1-2H3,(H,31,32,39);5-6,8-9H,2-4,7,10H2,1H3,(H,24,25);2,4,6,9,12H,3,5,7H2,1H3,(H,13,14,15);1H4;1H;;1H2/t23-;;9-;;;;/m0.0..../s1. The second kappa shape index (κ2) is 29.7. The van der Waals surface area contributed by atoms with Crippen LogP contribution in [0.5, 0.6) is 0 Å². The maximum atomic E-state index is 13.4. The van der Waals surface area contributed by atoms with Gasteiger partial charge in [0.25, 0.3) is 0 Å². The molecule has 0 spiro atoms. The zero-order valence-electron chi connectivity index (χ0n) is 46.6. The third kappa shape index (κ3) is 15.0. The van der Waals surface area contributed by atoms with Crippen LogP contribution < -0.4 is 16.0 Å². The number of carboxylic acid groups (broad SMARTS) is 1. The van der Waals surface area contributed by atoms with Crippen molar-refractivity contribution in [1.29, 1.82) is 0 Å². The lowest BCUT2D eigenvalue weighted by Gasteiger charge is -2.24. The van der Waals surface area contributed by atoms with Crippen molar-refractivity contribution in [2.75, 3.05) is 23.7 Å². The number of carbonyl (C=O) groups excluding carboxylic acids is 5. The molecule has 10 heterocycles. The van der Waals surface area contributed by atoms with Crippen molar-refractivity contribution in [2.45, 2.75) is 138 Å². The smallest absolute Gasteiger partial charge is 0.325 e. The van der Waals surface area contributed by atoms with Crippen molar-refractivity contribution in [3.05, 3.63) is 120 Å². The van der Waals surface area contributed by atoms with Crippen LogP contribution in [0.3, 0.4) is 0 Å². The lowest BCUT2D eigenvalue weighted by Crippen LogP contribution is -2.44. The van der Waals surface area contributed by atoms with Gasteiger partial charge in [0, 0.05) is 102 Å². The van der Waals surface area contributed by atoms with E-state index >= 15 is 0 Å². The van der Waals surface area contributed by atoms with Crippen LogP contribution in [0.4, 0.5) is 11.6 Å². The molecule has 0 radical (unpaired) electrons. The minimum absolute atomic E-state index is 0. The molecule has 0 aliphatic carbocycles. The van der Waals surface area contributed by atoms with Gasteiger partial charge in [-0.05, 0) is 120 Å². The molecule has 3 amide bonds. The van der Waals surface area contributed by atoms with Crippen LogP contribution in [0.1, 0.15) is 117 Å². The molecule has 6 aromatic heterocycles. The number of nitrogens with zero attached hydrogens (tertiary/aromatic N) is 11. The second-order valence-corrected chi connectivity index (χ2v) is 20.5. The number of nitrogens with one attached hydrogen (secondary N) is 3. The van der Waals surface area contributed by atoms with Gasteiger partial charge in [-0.2, -0.15) is 23.7 Å². The molecular weight excluding hydrogens is 1150 g/mol. The van der Waals surface area contributed by atoms with Crippen LogP contribution in [0.25, 0.3) is 44.3 Å². The van der Waals surface area contributed by atoms with Crippen molar-refractivity contribution in [3.63, 3.8) is 0 Å². The largest absolute Gasteiger partial charge is 0.480 e. The number of likely N-dealkylation sites (tertiary alicyclic amines) is 1. The first kappa shape index (κ1) is 65.5. The summed E-state index contributed by atoms with van der Waals surface area (Å²) in [7, 11) is 0. The Morgan fingerprint density at radius 3 is 1.61 bits per heavy atom. The fourth-order valence-electron chi connectivity index (χ4n) is 11.0. The van der Waals surface area contributed by atoms with E-state index < -0.39 is 12.0 Å². The molecule has 8 aromatic rings. The summed E-state index contributed by atoms with van der Waals surface area (Å²) >= 11 is 7.33. The Morgan fingerprint density at radius 2 is 1.14 bits per heavy atom. The summed E-state index contributed by atoms with van der Waals surface area (Å²) in [5.74, 6) is 1.51. The highest BCUT2D eigenvalue weighted by Crippen LogP contribution is 2.32. The molecular formula is C59H71ClN14O7S3. The van der Waals surface area contributed by atoms with Crippen LogP contribution in [0, 0.1) is 13.8 Å². The Labute approximate surface area is 510 Å². The van der Waals surface area contributed by atoms with E-state index in [-0.39, 0.29) is 81.7 Å². The Morgan fingerprint density at radius 1 is 0.643 bits per heavy atom. The van der Waals surface area contributed by atoms with E-state index in [1.54, 1.807) is 21.7 Å². The molecule has 4 aliphatic heterocycles. The fourth-order valence-corrected chi connectivity index (χ4v) is 11.0. The number of benzene rings is 2. The molecule has 2 fully saturated rings. The number of hydrogen-bond acceptors (Lipinski definition) is 15. The first-order chi connectivity index (χ1) is 39.2. The first-order valence-electron chi connectivity index (χ1n) is 27.2. The minimum atomic E-state index is -0.992. The monoisotopic (exact) mass is 1220 g/mol. The summed E-state index contributed by atoms with van der Waals surface area (Å²) < 4.78 is 7.42. The van der Waals surface area contributed by atoms with Crippen LogP contribution in [-0.2, 0) is 80.6 Å². The molecule has 4 N–H and O–H groups in total. The Kier molecular flexibility index (Phi) is 23.2. The van der Waals surface area contributed by atoms with Crippen molar-refractivity contribution < 1.29 is 33.9 Å². The number of rotatable bonds is 12. The molecule has 0 bridgehead atoms. The lowest BCUT2D eigenvalue weighted by molar-refractivity contribution is -0.138.